The van der Waals surface area contributed by atoms with Crippen molar-refractivity contribution in [3.8, 4) is 0 Å². The van der Waals surface area contributed by atoms with Crippen molar-refractivity contribution in [3.63, 3.8) is 0 Å². The van der Waals surface area contributed by atoms with Crippen LogP contribution in [0.15, 0.2) is 23.1 Å². The molecule has 0 atom stereocenters. The van der Waals surface area contributed by atoms with Gasteiger partial charge >= 0.3 is 0 Å². The van der Waals surface area contributed by atoms with Gasteiger partial charge in [-0.15, -0.1) is 0 Å². The highest BCUT2D eigenvalue weighted by Gasteiger charge is 2.28. The lowest BCUT2D eigenvalue weighted by Gasteiger charge is -2.24. The average molecular weight is 319 g/mol. The lowest BCUT2D eigenvalue weighted by Crippen LogP contribution is -2.37. The summed E-state index contributed by atoms with van der Waals surface area (Å²) in [5.41, 5.74) is 5.24. The quantitative estimate of drug-likeness (QED) is 0.595. The van der Waals surface area contributed by atoms with Gasteiger partial charge in [0.2, 0.25) is 10.0 Å². The molecule has 118 valence electrons. The van der Waals surface area contributed by atoms with Crippen LogP contribution < -0.4 is 5.73 Å². The molecule has 0 radical (unpaired) electrons. The number of rotatable bonds is 7. The van der Waals surface area contributed by atoms with Crippen LogP contribution in [0.3, 0.4) is 0 Å². The third kappa shape index (κ3) is 4.75. The summed E-state index contributed by atoms with van der Waals surface area (Å²) in [6, 6.07) is 2.29. The Hall–Kier alpha value is -1.54. The Bertz CT molecular complexity index is 618. The van der Waals surface area contributed by atoms with Crippen LogP contribution in [0.2, 0.25) is 0 Å². The fourth-order valence-electron chi connectivity index (χ4n) is 1.78. The summed E-state index contributed by atoms with van der Waals surface area (Å²) in [7, 11) is -4.18. The molecule has 0 aliphatic rings. The van der Waals surface area contributed by atoms with E-state index < -0.39 is 26.6 Å². The van der Waals surface area contributed by atoms with Crippen LogP contribution in [-0.2, 0) is 10.0 Å². The molecule has 8 heteroatoms. The second-order valence-electron chi connectivity index (χ2n) is 5.11. The highest BCUT2D eigenvalue weighted by molar-refractivity contribution is 7.89. The van der Waals surface area contributed by atoms with Crippen molar-refractivity contribution in [1.29, 1.82) is 5.41 Å². The zero-order chi connectivity index (χ0) is 16.2. The van der Waals surface area contributed by atoms with Crippen molar-refractivity contribution in [2.75, 3.05) is 13.1 Å². The molecule has 0 saturated heterocycles. The number of hydrogen-bond donors (Lipinski definition) is 2. The predicted molar refractivity (Wildman–Crippen MR) is 76.5 cm³/mol. The summed E-state index contributed by atoms with van der Waals surface area (Å²) in [6.45, 7) is 3.69. The van der Waals surface area contributed by atoms with E-state index in [9.17, 15) is 17.2 Å². The van der Waals surface area contributed by atoms with Crippen molar-refractivity contribution in [1.82, 2.24) is 4.31 Å². The van der Waals surface area contributed by atoms with E-state index in [-0.39, 0.29) is 31.3 Å². The predicted octanol–water partition coefficient (Wildman–Crippen LogP) is 1.94. The molecule has 21 heavy (non-hydrogen) atoms. The number of halogens is 2. The van der Waals surface area contributed by atoms with Crippen molar-refractivity contribution in [2.24, 2.45) is 11.7 Å². The monoisotopic (exact) mass is 319 g/mol. The summed E-state index contributed by atoms with van der Waals surface area (Å²) >= 11 is 0. The zero-order valence-electron chi connectivity index (χ0n) is 11.9. The van der Waals surface area contributed by atoms with Crippen molar-refractivity contribution < 1.29 is 17.2 Å². The number of benzene rings is 1. The van der Waals surface area contributed by atoms with E-state index in [0.717, 1.165) is 16.4 Å². The molecule has 0 spiro atoms. The van der Waals surface area contributed by atoms with Crippen LogP contribution in [0.25, 0.3) is 0 Å². The molecule has 0 aliphatic heterocycles. The Morgan fingerprint density at radius 1 is 1.38 bits per heavy atom. The fraction of sp³-hybridized carbons (Fsp3) is 0.462. The molecule has 0 amide bonds. The normalized spacial score (nSPS) is 12.1. The number of nitrogens with one attached hydrogen (secondary N) is 1. The molecule has 1 aromatic carbocycles. The Morgan fingerprint density at radius 3 is 2.52 bits per heavy atom. The van der Waals surface area contributed by atoms with Gasteiger partial charge in [0, 0.05) is 19.5 Å². The van der Waals surface area contributed by atoms with E-state index >= 15 is 0 Å². The van der Waals surface area contributed by atoms with Gasteiger partial charge in [-0.05, 0) is 24.1 Å². The molecule has 1 aromatic rings. The zero-order valence-corrected chi connectivity index (χ0v) is 12.8. The number of sulfonamides is 1. The summed E-state index contributed by atoms with van der Waals surface area (Å²) < 4.78 is 52.9. The SMILES string of the molecule is CC(C)CN(CCC(=N)N)S(=O)(=O)c1cc(F)ccc1F. The van der Waals surface area contributed by atoms with Crippen LogP contribution in [0, 0.1) is 23.0 Å². The fourth-order valence-corrected chi connectivity index (χ4v) is 3.46. The Balaban J connectivity index is 3.19. The Morgan fingerprint density at radius 2 is 2.00 bits per heavy atom. The van der Waals surface area contributed by atoms with Crippen molar-refractivity contribution >= 4 is 15.9 Å². The van der Waals surface area contributed by atoms with E-state index in [1.54, 1.807) is 13.8 Å². The first-order chi connectivity index (χ1) is 9.64. The second-order valence-corrected chi connectivity index (χ2v) is 7.01. The minimum atomic E-state index is -4.18. The highest BCUT2D eigenvalue weighted by Crippen LogP contribution is 2.21. The number of amidine groups is 1. The number of nitrogens with two attached hydrogens (primary N) is 1. The second kappa shape index (κ2) is 6.95. The maximum Gasteiger partial charge on any atom is 0.246 e. The Labute approximate surface area is 123 Å². The maximum atomic E-state index is 13.7. The van der Waals surface area contributed by atoms with Gasteiger partial charge in [0.05, 0.1) is 5.84 Å². The summed E-state index contributed by atoms with van der Waals surface area (Å²) in [5.74, 6) is -2.01. The summed E-state index contributed by atoms with van der Waals surface area (Å²) in [4.78, 5) is -0.702. The standard InChI is InChI=1S/C13H19F2N3O2S/c1-9(2)8-18(6-5-13(16)17)21(19,20)12-7-10(14)3-4-11(12)15/h3-4,7,9H,5-6,8H2,1-2H3,(H3,16,17). The summed E-state index contributed by atoms with van der Waals surface area (Å²) in [5, 5.41) is 7.18. The molecule has 3 N–H and O–H groups in total. The van der Waals surface area contributed by atoms with E-state index in [2.05, 4.69) is 0 Å². The van der Waals surface area contributed by atoms with Gasteiger partial charge in [-0.3, -0.25) is 5.41 Å². The molecule has 0 heterocycles. The van der Waals surface area contributed by atoms with E-state index in [0.29, 0.717) is 6.07 Å². The third-order valence-electron chi connectivity index (χ3n) is 2.71. The van der Waals surface area contributed by atoms with Crippen molar-refractivity contribution in [3.05, 3.63) is 29.8 Å². The van der Waals surface area contributed by atoms with Gasteiger partial charge in [0.1, 0.15) is 16.5 Å². The first-order valence-electron chi connectivity index (χ1n) is 6.42. The van der Waals surface area contributed by atoms with Gasteiger partial charge < -0.3 is 5.73 Å². The van der Waals surface area contributed by atoms with Crippen LogP contribution >= 0.6 is 0 Å². The molecule has 0 bridgehead atoms. The molecule has 0 aliphatic carbocycles. The summed E-state index contributed by atoms with van der Waals surface area (Å²) in [6.07, 6.45) is 0.0306. The molecule has 0 aromatic heterocycles. The topological polar surface area (TPSA) is 87.2 Å². The number of nitrogens with zero attached hydrogens (tertiary/aromatic N) is 1. The molecular formula is C13H19F2N3O2S. The van der Waals surface area contributed by atoms with Crippen molar-refractivity contribution in [2.45, 2.75) is 25.2 Å². The van der Waals surface area contributed by atoms with Crippen LogP contribution in [0.1, 0.15) is 20.3 Å². The minimum absolute atomic E-state index is 0.0108. The number of hydrogen-bond acceptors (Lipinski definition) is 3. The molecular weight excluding hydrogens is 300 g/mol. The first kappa shape index (κ1) is 17.5. The van der Waals surface area contributed by atoms with Gasteiger partial charge in [0.15, 0.2) is 0 Å². The van der Waals surface area contributed by atoms with Gasteiger partial charge in [-0.2, -0.15) is 4.31 Å². The average Bonchev–Trinajstić information content (AvgIpc) is 2.36. The third-order valence-corrected chi connectivity index (χ3v) is 4.59. The van der Waals surface area contributed by atoms with E-state index in [4.69, 9.17) is 11.1 Å². The van der Waals surface area contributed by atoms with E-state index in [1.165, 1.54) is 0 Å². The van der Waals surface area contributed by atoms with Gasteiger partial charge in [-0.25, -0.2) is 17.2 Å². The molecule has 0 unspecified atom stereocenters. The minimum Gasteiger partial charge on any atom is -0.388 e. The van der Waals surface area contributed by atoms with Gasteiger partial charge in [0.25, 0.3) is 0 Å². The maximum absolute atomic E-state index is 13.7. The molecule has 0 fully saturated rings. The molecule has 5 nitrogen and oxygen atoms in total. The largest absolute Gasteiger partial charge is 0.388 e. The lowest BCUT2D eigenvalue weighted by atomic mass is 10.2. The molecule has 0 saturated carbocycles. The van der Waals surface area contributed by atoms with Gasteiger partial charge in [-0.1, -0.05) is 13.8 Å². The first-order valence-corrected chi connectivity index (χ1v) is 7.86. The van der Waals surface area contributed by atoms with Crippen LogP contribution in [0.5, 0.6) is 0 Å². The van der Waals surface area contributed by atoms with Crippen LogP contribution in [-0.4, -0.2) is 31.6 Å². The van der Waals surface area contributed by atoms with Crippen LogP contribution in [0.4, 0.5) is 8.78 Å². The van der Waals surface area contributed by atoms with E-state index in [1.807, 2.05) is 0 Å². The molecule has 1 rings (SSSR count). The Kier molecular flexibility index (Phi) is 5.79. The highest BCUT2D eigenvalue weighted by atomic mass is 32.2. The lowest BCUT2D eigenvalue weighted by molar-refractivity contribution is 0.371. The smallest absolute Gasteiger partial charge is 0.246 e.